The van der Waals surface area contributed by atoms with E-state index in [9.17, 15) is 4.39 Å². The fraction of sp³-hybridized carbons (Fsp3) is 0.350. The first kappa shape index (κ1) is 24.5. The largest absolute Gasteiger partial charge is 0.493 e. The van der Waals surface area contributed by atoms with Gasteiger partial charge >= 0.3 is 0 Å². The van der Waals surface area contributed by atoms with Gasteiger partial charge in [-0.15, -0.1) is 24.0 Å². The molecular weight excluding hydrogens is 540 g/mol. The third-order valence-electron chi connectivity index (χ3n) is 4.07. The Hall–Kier alpha value is -1.55. The standard InChI is InChI=1S/C20H25BrFN3O2.HI/c1-26-18-8-5-14(12-19(18)27-2)9-11-25-20(23)24-10-3-4-15-6-7-16(21)13-17(15)22;/h5-8,12-13H,3-4,9-11H2,1-2H3,(H3,23,24,25);1H. The van der Waals surface area contributed by atoms with Gasteiger partial charge in [0, 0.05) is 17.6 Å². The average molecular weight is 566 g/mol. The van der Waals surface area contributed by atoms with Crippen LogP contribution in [0.1, 0.15) is 17.5 Å². The van der Waals surface area contributed by atoms with E-state index in [4.69, 9.17) is 15.2 Å². The number of aliphatic imine (C=N–C) groups is 1. The molecule has 0 radical (unpaired) electrons. The van der Waals surface area contributed by atoms with Crippen LogP contribution < -0.4 is 20.5 Å². The van der Waals surface area contributed by atoms with E-state index in [1.54, 1.807) is 20.3 Å². The van der Waals surface area contributed by atoms with Crippen LogP contribution in [0.5, 0.6) is 11.5 Å². The van der Waals surface area contributed by atoms with Crippen LogP contribution in [0.25, 0.3) is 0 Å². The predicted molar refractivity (Wildman–Crippen MR) is 126 cm³/mol. The van der Waals surface area contributed by atoms with Crippen LogP contribution in [0.4, 0.5) is 4.39 Å². The lowest BCUT2D eigenvalue weighted by Gasteiger charge is -2.10. The highest BCUT2D eigenvalue weighted by molar-refractivity contribution is 14.0. The highest BCUT2D eigenvalue weighted by Crippen LogP contribution is 2.27. The summed E-state index contributed by atoms with van der Waals surface area (Å²) in [5, 5.41) is 3.09. The Bertz CT molecular complexity index is 790. The number of hydrogen-bond acceptors (Lipinski definition) is 3. The number of methoxy groups -OCH3 is 2. The second-order valence-corrected chi connectivity index (χ2v) is 6.89. The summed E-state index contributed by atoms with van der Waals surface area (Å²) in [4.78, 5) is 4.29. The van der Waals surface area contributed by atoms with E-state index < -0.39 is 0 Å². The van der Waals surface area contributed by atoms with Gasteiger partial charge in [0.1, 0.15) is 5.82 Å². The van der Waals surface area contributed by atoms with Crippen LogP contribution in [0.15, 0.2) is 45.9 Å². The maximum absolute atomic E-state index is 13.7. The summed E-state index contributed by atoms with van der Waals surface area (Å²) in [6.45, 7) is 1.21. The molecule has 3 N–H and O–H groups in total. The van der Waals surface area contributed by atoms with Crippen molar-refractivity contribution in [3.63, 3.8) is 0 Å². The molecule has 0 spiro atoms. The van der Waals surface area contributed by atoms with Crippen molar-refractivity contribution in [2.24, 2.45) is 10.7 Å². The first-order valence-corrected chi connectivity index (χ1v) is 9.51. The van der Waals surface area contributed by atoms with E-state index in [0.717, 1.165) is 22.9 Å². The summed E-state index contributed by atoms with van der Waals surface area (Å²) >= 11 is 3.25. The molecule has 2 aromatic rings. The molecule has 0 aliphatic carbocycles. The number of hydrogen-bond donors (Lipinski definition) is 2. The highest BCUT2D eigenvalue weighted by Gasteiger charge is 2.05. The molecule has 154 valence electrons. The van der Waals surface area contributed by atoms with Crippen molar-refractivity contribution in [1.82, 2.24) is 5.32 Å². The number of ether oxygens (including phenoxy) is 2. The van der Waals surface area contributed by atoms with Crippen LogP contribution in [0.3, 0.4) is 0 Å². The molecule has 28 heavy (non-hydrogen) atoms. The Morgan fingerprint density at radius 1 is 1.11 bits per heavy atom. The molecule has 0 atom stereocenters. The minimum absolute atomic E-state index is 0. The zero-order valence-electron chi connectivity index (χ0n) is 16.0. The van der Waals surface area contributed by atoms with Gasteiger partial charge in [0.2, 0.25) is 0 Å². The lowest BCUT2D eigenvalue weighted by atomic mass is 10.1. The number of benzene rings is 2. The minimum Gasteiger partial charge on any atom is -0.493 e. The molecular formula is C20H26BrFIN3O2. The van der Waals surface area contributed by atoms with Crippen molar-refractivity contribution < 1.29 is 13.9 Å². The third-order valence-corrected chi connectivity index (χ3v) is 4.56. The Morgan fingerprint density at radius 2 is 1.86 bits per heavy atom. The van der Waals surface area contributed by atoms with Crippen LogP contribution in [-0.4, -0.2) is 33.3 Å². The first-order chi connectivity index (χ1) is 13.0. The third kappa shape index (κ3) is 7.83. The molecule has 0 saturated heterocycles. The fourth-order valence-corrected chi connectivity index (χ4v) is 2.95. The number of nitrogens with two attached hydrogens (primary N) is 1. The van der Waals surface area contributed by atoms with Crippen molar-refractivity contribution in [2.45, 2.75) is 19.3 Å². The van der Waals surface area contributed by atoms with Gasteiger partial charge in [-0.3, -0.25) is 4.99 Å². The zero-order valence-corrected chi connectivity index (χ0v) is 19.9. The molecule has 5 nitrogen and oxygen atoms in total. The van der Waals surface area contributed by atoms with Gasteiger partial charge < -0.3 is 20.5 Å². The summed E-state index contributed by atoms with van der Waals surface area (Å²) in [6, 6.07) is 10.9. The molecule has 0 bridgehead atoms. The number of rotatable bonds is 9. The van der Waals surface area contributed by atoms with E-state index in [0.29, 0.717) is 42.5 Å². The quantitative estimate of drug-likeness (QED) is 0.206. The van der Waals surface area contributed by atoms with E-state index >= 15 is 0 Å². The number of aryl methyl sites for hydroxylation is 1. The number of nitrogens with one attached hydrogen (secondary N) is 1. The second kappa shape index (κ2) is 12.8. The van der Waals surface area contributed by atoms with E-state index in [-0.39, 0.29) is 29.8 Å². The van der Waals surface area contributed by atoms with Gasteiger partial charge in [-0.2, -0.15) is 0 Å². The predicted octanol–water partition coefficient (Wildman–Crippen LogP) is 4.30. The van der Waals surface area contributed by atoms with Crippen LogP contribution >= 0.6 is 39.9 Å². The lowest BCUT2D eigenvalue weighted by Crippen LogP contribution is -2.33. The number of nitrogens with zero attached hydrogens (tertiary/aromatic N) is 1. The molecule has 0 unspecified atom stereocenters. The summed E-state index contributed by atoms with van der Waals surface area (Å²) in [5.74, 6) is 1.61. The maximum atomic E-state index is 13.7. The highest BCUT2D eigenvalue weighted by atomic mass is 127. The van der Waals surface area contributed by atoms with Gasteiger partial charge in [-0.25, -0.2) is 4.39 Å². The lowest BCUT2D eigenvalue weighted by molar-refractivity contribution is 0.354. The van der Waals surface area contributed by atoms with Crippen molar-refractivity contribution in [2.75, 3.05) is 27.3 Å². The Labute approximate surface area is 191 Å². The van der Waals surface area contributed by atoms with Crippen LogP contribution in [0.2, 0.25) is 0 Å². The van der Waals surface area contributed by atoms with Crippen LogP contribution in [-0.2, 0) is 12.8 Å². The monoisotopic (exact) mass is 565 g/mol. The molecule has 0 aliphatic rings. The molecule has 2 aromatic carbocycles. The summed E-state index contributed by atoms with van der Waals surface area (Å²) in [6.07, 6.45) is 2.14. The molecule has 0 fully saturated rings. The van der Waals surface area contributed by atoms with E-state index in [1.165, 1.54) is 6.07 Å². The fourth-order valence-electron chi connectivity index (χ4n) is 2.62. The van der Waals surface area contributed by atoms with Crippen LogP contribution in [0, 0.1) is 5.82 Å². The molecule has 0 saturated carbocycles. The summed E-state index contributed by atoms with van der Waals surface area (Å²) in [7, 11) is 3.23. The minimum atomic E-state index is -0.200. The van der Waals surface area contributed by atoms with E-state index in [2.05, 4.69) is 26.2 Å². The topological polar surface area (TPSA) is 68.9 Å². The molecule has 0 amide bonds. The van der Waals surface area contributed by atoms with Crippen molar-refractivity contribution in [3.8, 4) is 11.5 Å². The Kier molecular flexibility index (Phi) is 11.2. The molecule has 8 heteroatoms. The van der Waals surface area contributed by atoms with Crippen molar-refractivity contribution in [3.05, 3.63) is 57.8 Å². The van der Waals surface area contributed by atoms with Gasteiger partial charge in [-0.05, 0) is 54.7 Å². The average Bonchev–Trinajstić information content (AvgIpc) is 2.66. The summed E-state index contributed by atoms with van der Waals surface area (Å²) in [5.41, 5.74) is 7.68. The van der Waals surface area contributed by atoms with Crippen molar-refractivity contribution in [1.29, 1.82) is 0 Å². The summed E-state index contributed by atoms with van der Waals surface area (Å²) < 4.78 is 25.0. The number of halogens is 3. The second-order valence-electron chi connectivity index (χ2n) is 5.97. The van der Waals surface area contributed by atoms with Gasteiger partial charge in [-0.1, -0.05) is 28.1 Å². The Morgan fingerprint density at radius 3 is 2.54 bits per heavy atom. The van der Waals surface area contributed by atoms with Gasteiger partial charge in [0.15, 0.2) is 17.5 Å². The molecule has 2 rings (SSSR count). The van der Waals surface area contributed by atoms with Gasteiger partial charge in [0.05, 0.1) is 14.2 Å². The molecule has 0 aliphatic heterocycles. The van der Waals surface area contributed by atoms with E-state index in [1.807, 2.05) is 24.3 Å². The molecule has 0 heterocycles. The van der Waals surface area contributed by atoms with Gasteiger partial charge in [0.25, 0.3) is 0 Å². The first-order valence-electron chi connectivity index (χ1n) is 8.72. The smallest absolute Gasteiger partial charge is 0.188 e. The SMILES string of the molecule is COc1ccc(CCNC(N)=NCCCc2ccc(Br)cc2F)cc1OC.I. The molecule has 0 aromatic heterocycles. The Balaban J connectivity index is 0.00000392. The maximum Gasteiger partial charge on any atom is 0.188 e. The zero-order chi connectivity index (χ0) is 19.6. The number of guanidine groups is 1. The van der Waals surface area contributed by atoms with Crippen molar-refractivity contribution >= 4 is 45.9 Å². The normalized spacial score (nSPS) is 10.9.